The largest absolute Gasteiger partial charge is 0.0811 e. The highest BCUT2D eigenvalue weighted by atomic mass is 127. The summed E-state index contributed by atoms with van der Waals surface area (Å²) in [5.74, 6) is 0. The fraction of sp³-hybridized carbons (Fsp3) is 0.143. The van der Waals surface area contributed by atoms with Crippen molar-refractivity contribution < 1.29 is 0 Å². The van der Waals surface area contributed by atoms with Crippen LogP contribution < -0.4 is 0 Å². The summed E-state index contributed by atoms with van der Waals surface area (Å²) in [7, 11) is 0. The molecule has 0 nitrogen and oxygen atoms in total. The summed E-state index contributed by atoms with van der Waals surface area (Å²) in [5, 5.41) is 0. The Morgan fingerprint density at radius 2 is 1.89 bits per heavy atom. The molecule has 0 aromatic heterocycles. The Morgan fingerprint density at radius 3 is 2.33 bits per heavy atom. The van der Waals surface area contributed by atoms with Gasteiger partial charge in [0, 0.05) is 8.00 Å². The molecule has 1 rings (SSSR count). The predicted molar refractivity (Wildman–Crippen MR) is 56.9 cm³/mol. The molecular formula is C7H6I2. The van der Waals surface area contributed by atoms with E-state index in [1.54, 1.807) is 0 Å². The number of halogens is 2. The molecule has 0 fully saturated rings. The zero-order valence-electron chi connectivity index (χ0n) is 4.77. The van der Waals surface area contributed by atoms with Crippen LogP contribution in [0, 0.1) is 3.57 Å². The third-order valence-corrected chi connectivity index (χ3v) is 2.98. The Bertz CT molecular complexity index is 196. The molecule has 0 saturated heterocycles. The molecule has 0 aliphatic heterocycles. The van der Waals surface area contributed by atoms with Gasteiger partial charge in [0.15, 0.2) is 0 Å². The van der Waals surface area contributed by atoms with Gasteiger partial charge in [0.1, 0.15) is 0 Å². The van der Waals surface area contributed by atoms with Crippen LogP contribution in [0.2, 0.25) is 0 Å². The van der Waals surface area contributed by atoms with E-state index in [4.69, 9.17) is 0 Å². The molecule has 9 heavy (non-hydrogen) atoms. The molecule has 0 N–H and O–H groups in total. The Kier molecular flexibility index (Phi) is 3.25. The normalized spacial score (nSPS) is 9.56. The van der Waals surface area contributed by atoms with E-state index in [0.717, 1.165) is 4.43 Å². The van der Waals surface area contributed by atoms with E-state index < -0.39 is 0 Å². The van der Waals surface area contributed by atoms with E-state index in [1.807, 2.05) is 0 Å². The standard InChI is InChI=1S/C7H6I2/c8-5-6-3-1-2-4-7(6)9/h1-4H,5H2. The highest BCUT2D eigenvalue weighted by molar-refractivity contribution is 14.1. The van der Waals surface area contributed by atoms with Gasteiger partial charge in [-0.2, -0.15) is 0 Å². The Morgan fingerprint density at radius 1 is 1.22 bits per heavy atom. The number of hydrogen-bond acceptors (Lipinski definition) is 0. The van der Waals surface area contributed by atoms with Crippen molar-refractivity contribution in [3.63, 3.8) is 0 Å². The van der Waals surface area contributed by atoms with Crippen molar-refractivity contribution in [2.75, 3.05) is 0 Å². The summed E-state index contributed by atoms with van der Waals surface area (Å²) >= 11 is 4.73. The summed E-state index contributed by atoms with van der Waals surface area (Å²) in [6.45, 7) is 0. The van der Waals surface area contributed by atoms with Crippen molar-refractivity contribution in [1.29, 1.82) is 0 Å². The lowest BCUT2D eigenvalue weighted by atomic mass is 10.2. The monoisotopic (exact) mass is 344 g/mol. The zero-order valence-corrected chi connectivity index (χ0v) is 9.09. The van der Waals surface area contributed by atoms with E-state index in [2.05, 4.69) is 69.4 Å². The van der Waals surface area contributed by atoms with Gasteiger partial charge in [-0.05, 0) is 34.2 Å². The second-order valence-corrected chi connectivity index (χ2v) is 3.65. The minimum Gasteiger partial charge on any atom is -0.0811 e. The molecule has 0 bridgehead atoms. The quantitative estimate of drug-likeness (QED) is 0.542. The van der Waals surface area contributed by atoms with Crippen molar-refractivity contribution in [1.82, 2.24) is 0 Å². The van der Waals surface area contributed by atoms with E-state index in [1.165, 1.54) is 9.13 Å². The van der Waals surface area contributed by atoms with Gasteiger partial charge < -0.3 is 0 Å². The SMILES string of the molecule is ICc1ccccc1I. The lowest BCUT2D eigenvalue weighted by Crippen LogP contribution is -1.79. The van der Waals surface area contributed by atoms with Crippen LogP contribution in [0.4, 0.5) is 0 Å². The van der Waals surface area contributed by atoms with Crippen LogP contribution in [0.25, 0.3) is 0 Å². The van der Waals surface area contributed by atoms with Gasteiger partial charge in [0.25, 0.3) is 0 Å². The molecule has 0 heterocycles. The minimum atomic E-state index is 1.11. The van der Waals surface area contributed by atoms with E-state index in [-0.39, 0.29) is 0 Å². The van der Waals surface area contributed by atoms with E-state index in [0.29, 0.717) is 0 Å². The third kappa shape index (κ3) is 2.07. The fourth-order valence-corrected chi connectivity index (χ4v) is 2.58. The molecule has 0 saturated carbocycles. The van der Waals surface area contributed by atoms with Crippen LogP contribution in [0.3, 0.4) is 0 Å². The maximum atomic E-state index is 2.37. The van der Waals surface area contributed by atoms with Crippen LogP contribution in [0.5, 0.6) is 0 Å². The molecule has 0 atom stereocenters. The molecule has 0 aliphatic rings. The van der Waals surface area contributed by atoms with Gasteiger partial charge >= 0.3 is 0 Å². The van der Waals surface area contributed by atoms with Crippen LogP contribution in [0.15, 0.2) is 24.3 Å². The number of rotatable bonds is 1. The fourth-order valence-electron chi connectivity index (χ4n) is 0.607. The van der Waals surface area contributed by atoms with Crippen LogP contribution >= 0.6 is 45.2 Å². The summed E-state index contributed by atoms with van der Waals surface area (Å²) in [6, 6.07) is 8.44. The molecule has 1 aromatic rings. The summed E-state index contributed by atoms with van der Waals surface area (Å²) in [4.78, 5) is 0. The highest BCUT2D eigenvalue weighted by Crippen LogP contribution is 2.13. The first-order valence-electron chi connectivity index (χ1n) is 2.64. The van der Waals surface area contributed by atoms with Crippen molar-refractivity contribution in [2.45, 2.75) is 4.43 Å². The summed E-state index contributed by atoms with van der Waals surface area (Å²) < 4.78 is 2.47. The molecule has 48 valence electrons. The van der Waals surface area contributed by atoms with Gasteiger partial charge in [0.05, 0.1) is 0 Å². The first-order valence-corrected chi connectivity index (χ1v) is 5.24. The second-order valence-electron chi connectivity index (χ2n) is 1.73. The Labute approximate surface area is 82.3 Å². The zero-order chi connectivity index (χ0) is 6.69. The van der Waals surface area contributed by atoms with E-state index >= 15 is 0 Å². The van der Waals surface area contributed by atoms with Gasteiger partial charge in [-0.3, -0.25) is 0 Å². The van der Waals surface area contributed by atoms with Crippen LogP contribution in [-0.4, -0.2) is 0 Å². The van der Waals surface area contributed by atoms with Gasteiger partial charge in [0.2, 0.25) is 0 Å². The second kappa shape index (κ2) is 3.75. The molecular weight excluding hydrogens is 338 g/mol. The molecule has 2 heteroatoms. The lowest BCUT2D eigenvalue weighted by Gasteiger charge is -1.95. The van der Waals surface area contributed by atoms with Crippen LogP contribution in [0.1, 0.15) is 5.56 Å². The predicted octanol–water partition coefficient (Wildman–Crippen LogP) is 3.23. The van der Waals surface area contributed by atoms with Crippen molar-refractivity contribution in [3.05, 3.63) is 33.4 Å². The molecule has 0 aliphatic carbocycles. The Hall–Kier alpha value is 0.680. The number of alkyl halides is 1. The molecule has 0 amide bonds. The van der Waals surface area contributed by atoms with Crippen LogP contribution in [-0.2, 0) is 4.43 Å². The van der Waals surface area contributed by atoms with E-state index in [9.17, 15) is 0 Å². The highest BCUT2D eigenvalue weighted by Gasteiger charge is 1.92. The summed E-state index contributed by atoms with van der Waals surface area (Å²) in [6.07, 6.45) is 0. The maximum absolute atomic E-state index is 2.37. The van der Waals surface area contributed by atoms with Crippen molar-refractivity contribution in [2.24, 2.45) is 0 Å². The average molecular weight is 344 g/mol. The first-order chi connectivity index (χ1) is 4.34. The molecule has 0 radical (unpaired) electrons. The van der Waals surface area contributed by atoms with Gasteiger partial charge in [-0.1, -0.05) is 40.8 Å². The topological polar surface area (TPSA) is 0 Å². The number of benzene rings is 1. The van der Waals surface area contributed by atoms with Gasteiger partial charge in [-0.15, -0.1) is 0 Å². The first kappa shape index (κ1) is 7.78. The number of hydrogen-bond donors (Lipinski definition) is 0. The molecule has 0 unspecified atom stereocenters. The third-order valence-electron chi connectivity index (χ3n) is 1.10. The smallest absolute Gasteiger partial charge is 0.0257 e. The minimum absolute atomic E-state index is 1.11. The van der Waals surface area contributed by atoms with Crippen molar-refractivity contribution in [3.8, 4) is 0 Å². The maximum Gasteiger partial charge on any atom is 0.0257 e. The summed E-state index contributed by atoms with van der Waals surface area (Å²) in [5.41, 5.74) is 1.43. The lowest BCUT2D eigenvalue weighted by molar-refractivity contribution is 1.41. The molecule has 1 aromatic carbocycles. The van der Waals surface area contributed by atoms with Crippen molar-refractivity contribution >= 4 is 45.2 Å². The average Bonchev–Trinajstić information content (AvgIpc) is 1.89. The Balaban J connectivity index is 3.01. The molecule has 0 spiro atoms. The van der Waals surface area contributed by atoms with Gasteiger partial charge in [-0.25, -0.2) is 0 Å².